The molecular weight excluding hydrogens is 322 g/mol. The number of thioether (sulfide) groups is 1. The summed E-state index contributed by atoms with van der Waals surface area (Å²) < 4.78 is 5.46. The smallest absolute Gasteiger partial charge is 0.221 e. The second-order valence-corrected chi connectivity index (χ2v) is 6.85. The summed E-state index contributed by atoms with van der Waals surface area (Å²) in [5.74, 6) is 1.51. The minimum Gasteiger partial charge on any atom is -0.494 e. The average molecular weight is 345 g/mol. The first-order valence-electron chi connectivity index (χ1n) is 8.15. The van der Waals surface area contributed by atoms with Gasteiger partial charge >= 0.3 is 0 Å². The summed E-state index contributed by atoms with van der Waals surface area (Å²) in [5.41, 5.74) is 1.89. The van der Waals surface area contributed by atoms with Gasteiger partial charge in [0.25, 0.3) is 0 Å². The van der Waals surface area contributed by atoms with Gasteiger partial charge in [-0.3, -0.25) is 10.1 Å². The number of hydrogen-bond donors (Lipinski definition) is 0. The lowest BCUT2D eigenvalue weighted by Gasteiger charge is -2.20. The minimum absolute atomic E-state index is 0.212. The fraction of sp³-hybridized carbons (Fsp3) is 0.368. The Labute approximate surface area is 147 Å². The van der Waals surface area contributed by atoms with Crippen molar-refractivity contribution < 1.29 is 9.66 Å². The Kier molecular flexibility index (Phi) is 6.67. The van der Waals surface area contributed by atoms with Crippen molar-refractivity contribution in [2.24, 2.45) is 0 Å². The second kappa shape index (κ2) is 8.73. The molecule has 4 nitrogen and oxygen atoms in total. The molecule has 2 aromatic rings. The maximum Gasteiger partial charge on any atom is 0.221 e. The van der Waals surface area contributed by atoms with Gasteiger partial charge in [-0.05, 0) is 48.1 Å². The van der Waals surface area contributed by atoms with Crippen molar-refractivity contribution >= 4 is 11.8 Å². The molecule has 0 saturated carbocycles. The van der Waals surface area contributed by atoms with Crippen LogP contribution in [0.4, 0.5) is 0 Å². The Morgan fingerprint density at radius 3 is 2.04 bits per heavy atom. The Morgan fingerprint density at radius 2 is 1.58 bits per heavy atom. The lowest BCUT2D eigenvalue weighted by molar-refractivity contribution is -0.520. The largest absolute Gasteiger partial charge is 0.494 e. The monoisotopic (exact) mass is 345 g/mol. The molecule has 5 heteroatoms. The average Bonchev–Trinajstić information content (AvgIpc) is 2.58. The van der Waals surface area contributed by atoms with E-state index in [1.54, 1.807) is 18.7 Å². The fourth-order valence-electron chi connectivity index (χ4n) is 2.75. The molecule has 0 bridgehead atoms. The van der Waals surface area contributed by atoms with Crippen LogP contribution in [0.15, 0.2) is 53.4 Å². The van der Waals surface area contributed by atoms with E-state index >= 15 is 0 Å². The topological polar surface area (TPSA) is 52.4 Å². The molecule has 128 valence electrons. The zero-order valence-corrected chi connectivity index (χ0v) is 15.1. The molecule has 0 aromatic heterocycles. The molecule has 0 aliphatic carbocycles. The first-order chi connectivity index (χ1) is 11.6. The summed E-state index contributed by atoms with van der Waals surface area (Å²) in [7, 11) is 0. The lowest BCUT2D eigenvalue weighted by atomic mass is 9.86. The van der Waals surface area contributed by atoms with E-state index in [9.17, 15) is 10.1 Å². The van der Waals surface area contributed by atoms with E-state index in [0.29, 0.717) is 6.61 Å². The van der Waals surface area contributed by atoms with Crippen molar-refractivity contribution in [2.45, 2.75) is 37.6 Å². The molecule has 0 spiro atoms. The van der Waals surface area contributed by atoms with E-state index < -0.39 is 6.04 Å². The summed E-state index contributed by atoms with van der Waals surface area (Å²) in [6, 6.07) is 15.0. The Morgan fingerprint density at radius 1 is 1.04 bits per heavy atom. The van der Waals surface area contributed by atoms with Crippen LogP contribution in [-0.4, -0.2) is 23.3 Å². The first-order valence-corrected chi connectivity index (χ1v) is 9.14. The highest BCUT2D eigenvalue weighted by molar-refractivity contribution is 7.99. The summed E-state index contributed by atoms with van der Waals surface area (Å²) in [4.78, 5) is 12.4. The number of nitro groups is 1. The van der Waals surface area contributed by atoms with Crippen LogP contribution in [0.2, 0.25) is 0 Å². The number of nitrogens with zero attached hydrogens (tertiary/aromatic N) is 1. The van der Waals surface area contributed by atoms with Gasteiger partial charge in [0.2, 0.25) is 6.04 Å². The van der Waals surface area contributed by atoms with E-state index in [1.807, 2.05) is 55.5 Å². The van der Waals surface area contributed by atoms with Gasteiger partial charge in [0.15, 0.2) is 0 Å². The summed E-state index contributed by atoms with van der Waals surface area (Å²) in [6.45, 7) is 6.30. The van der Waals surface area contributed by atoms with Crippen LogP contribution in [0.5, 0.6) is 5.75 Å². The maximum absolute atomic E-state index is 11.4. The van der Waals surface area contributed by atoms with E-state index in [1.165, 1.54) is 4.90 Å². The van der Waals surface area contributed by atoms with Gasteiger partial charge in [-0.25, -0.2) is 0 Å². The van der Waals surface area contributed by atoms with E-state index in [-0.39, 0.29) is 10.8 Å². The second-order valence-electron chi connectivity index (χ2n) is 5.51. The van der Waals surface area contributed by atoms with Crippen molar-refractivity contribution in [3.63, 3.8) is 0 Å². The van der Waals surface area contributed by atoms with Crippen molar-refractivity contribution in [1.82, 2.24) is 0 Å². The van der Waals surface area contributed by atoms with Gasteiger partial charge in [0.05, 0.1) is 12.5 Å². The van der Waals surface area contributed by atoms with Crippen LogP contribution in [0.3, 0.4) is 0 Å². The molecule has 2 rings (SSSR count). The Bertz CT molecular complexity index is 606. The highest BCUT2D eigenvalue weighted by atomic mass is 32.2. The van der Waals surface area contributed by atoms with Crippen molar-refractivity contribution in [3.8, 4) is 5.75 Å². The van der Waals surface area contributed by atoms with Gasteiger partial charge in [0.1, 0.15) is 5.75 Å². The molecule has 0 heterocycles. The molecule has 2 unspecified atom stereocenters. The number of ether oxygens (including phenoxy) is 1. The highest BCUT2D eigenvalue weighted by Crippen LogP contribution is 2.32. The molecular formula is C19H23NO3S. The SMILES string of the molecule is CCOc1ccc(C(c2ccc(SCC)cc2)C(C)[N+](=O)[O-])cc1. The minimum atomic E-state index is -0.701. The summed E-state index contributed by atoms with van der Waals surface area (Å²) in [6.07, 6.45) is 0. The molecule has 0 amide bonds. The molecule has 0 fully saturated rings. The zero-order valence-electron chi connectivity index (χ0n) is 14.3. The molecule has 24 heavy (non-hydrogen) atoms. The van der Waals surface area contributed by atoms with Crippen LogP contribution in [0.1, 0.15) is 37.8 Å². The molecule has 0 N–H and O–H groups in total. The van der Waals surface area contributed by atoms with Gasteiger partial charge in [-0.1, -0.05) is 31.2 Å². The molecule has 0 aliphatic rings. The van der Waals surface area contributed by atoms with Gasteiger partial charge in [-0.15, -0.1) is 11.8 Å². The first kappa shape index (κ1) is 18.3. The van der Waals surface area contributed by atoms with E-state index in [0.717, 1.165) is 22.6 Å². The van der Waals surface area contributed by atoms with Crippen LogP contribution >= 0.6 is 11.8 Å². The predicted octanol–water partition coefficient (Wildman–Crippen LogP) is 4.99. The third-order valence-electron chi connectivity index (χ3n) is 3.92. The van der Waals surface area contributed by atoms with E-state index in [4.69, 9.17) is 4.74 Å². The quantitative estimate of drug-likeness (QED) is 0.384. The highest BCUT2D eigenvalue weighted by Gasteiger charge is 2.29. The molecule has 0 radical (unpaired) electrons. The third kappa shape index (κ3) is 4.51. The predicted molar refractivity (Wildman–Crippen MR) is 98.8 cm³/mol. The fourth-order valence-corrected chi connectivity index (χ4v) is 3.41. The third-order valence-corrected chi connectivity index (χ3v) is 4.81. The van der Waals surface area contributed by atoms with Crippen molar-refractivity contribution in [2.75, 3.05) is 12.4 Å². The van der Waals surface area contributed by atoms with Crippen LogP contribution < -0.4 is 4.74 Å². The summed E-state index contributed by atoms with van der Waals surface area (Å²) >= 11 is 1.76. The maximum atomic E-state index is 11.4. The number of benzene rings is 2. The van der Waals surface area contributed by atoms with Gasteiger partial charge in [-0.2, -0.15) is 0 Å². The molecule has 2 aromatic carbocycles. The molecule has 0 saturated heterocycles. The molecule has 2 atom stereocenters. The van der Waals surface area contributed by atoms with Crippen LogP contribution in [-0.2, 0) is 0 Å². The van der Waals surface area contributed by atoms with E-state index in [2.05, 4.69) is 6.92 Å². The van der Waals surface area contributed by atoms with Gasteiger partial charge in [0, 0.05) is 16.7 Å². The van der Waals surface area contributed by atoms with Gasteiger partial charge < -0.3 is 4.74 Å². The Balaban J connectivity index is 2.35. The standard InChI is InChI=1S/C19H23NO3S/c1-4-23-17-10-6-15(7-11-17)19(14(3)20(21)22)16-8-12-18(13-9-16)24-5-2/h6-14,19H,4-5H2,1-3H3. The van der Waals surface area contributed by atoms with Crippen LogP contribution in [0.25, 0.3) is 0 Å². The van der Waals surface area contributed by atoms with Crippen molar-refractivity contribution in [1.29, 1.82) is 0 Å². The van der Waals surface area contributed by atoms with Crippen molar-refractivity contribution in [3.05, 3.63) is 69.8 Å². The summed E-state index contributed by atoms with van der Waals surface area (Å²) in [5, 5.41) is 11.4. The lowest BCUT2D eigenvalue weighted by Crippen LogP contribution is -2.25. The normalized spacial score (nSPS) is 13.3. The zero-order chi connectivity index (χ0) is 17.5. The molecule has 0 aliphatic heterocycles. The van der Waals surface area contributed by atoms with Crippen LogP contribution in [0, 0.1) is 10.1 Å². The Hall–Kier alpha value is -2.01. The number of rotatable bonds is 8. The number of hydrogen-bond acceptors (Lipinski definition) is 4.